The van der Waals surface area contributed by atoms with E-state index in [4.69, 9.17) is 5.73 Å². The maximum absolute atomic E-state index is 14.0. The van der Waals surface area contributed by atoms with Crippen LogP contribution >= 0.6 is 0 Å². The Morgan fingerprint density at radius 1 is 0.938 bits per heavy atom. The van der Waals surface area contributed by atoms with Crippen LogP contribution in [0.4, 0.5) is 0 Å². The van der Waals surface area contributed by atoms with E-state index in [0.29, 0.717) is 23.2 Å². The molecule has 1 aromatic carbocycles. The second-order valence-electron chi connectivity index (χ2n) is 17.7. The van der Waals surface area contributed by atoms with Gasteiger partial charge in [-0.25, -0.2) is 0 Å². The summed E-state index contributed by atoms with van der Waals surface area (Å²) in [7, 11) is 0. The molecule has 48 heavy (non-hydrogen) atoms. The minimum Gasteiger partial charge on any atom is -0.321 e. The molecule has 3 heteroatoms. The fourth-order valence-electron chi connectivity index (χ4n) is 9.08. The molecule has 268 valence electrons. The number of carbonyl (C=O) groups excluding carboxylic acids is 2. The largest absolute Gasteiger partial charge is 0.321 e. The second kappa shape index (κ2) is 17.4. The topological polar surface area (TPSA) is 60.2 Å². The van der Waals surface area contributed by atoms with Gasteiger partial charge in [-0.2, -0.15) is 0 Å². The molecular formula is C45H71NO2. The standard InChI is InChI=1S/C34H45NO2.C9H20.C2H6/c1-7-9-13-21(3)22(4)23(14-10-8-2)19-29(36)30-27(20-28-31(30)34(28,5)6)33(37)32(35)26-17-24-15-11-12-16-25(24)18-26;1-8(2,3)7-9(4,5)6;1-2/h7-8,11-12,15-16,23,26-28,30-32H,1-4,9-10,13-14,17-20,35H2,5-6H3;7H2,1-6H3;1-2H3. The number of carbonyl (C=O) groups is 2. The lowest BCUT2D eigenvalue weighted by molar-refractivity contribution is -0.134. The number of benzene rings is 1. The van der Waals surface area contributed by atoms with Crippen molar-refractivity contribution in [2.24, 2.45) is 57.5 Å². The van der Waals surface area contributed by atoms with Crippen LogP contribution in [-0.2, 0) is 22.4 Å². The first-order valence-electron chi connectivity index (χ1n) is 18.8. The van der Waals surface area contributed by atoms with E-state index in [1.807, 2.05) is 26.0 Å². The Balaban J connectivity index is 0.000000631. The van der Waals surface area contributed by atoms with E-state index in [0.717, 1.165) is 56.1 Å². The molecule has 0 aromatic heterocycles. The molecular weight excluding hydrogens is 587 g/mol. The second-order valence-corrected chi connectivity index (χ2v) is 17.7. The Kier molecular flexibility index (Phi) is 15.1. The molecule has 0 amide bonds. The van der Waals surface area contributed by atoms with Crippen LogP contribution in [-0.4, -0.2) is 17.6 Å². The Morgan fingerprint density at radius 2 is 1.46 bits per heavy atom. The van der Waals surface area contributed by atoms with E-state index in [2.05, 4.69) is 106 Å². The lowest BCUT2D eigenvalue weighted by Gasteiger charge is -2.30. The quantitative estimate of drug-likeness (QED) is 0.160. The van der Waals surface area contributed by atoms with Gasteiger partial charge in [0.2, 0.25) is 0 Å². The first-order valence-corrected chi connectivity index (χ1v) is 18.8. The normalized spacial score (nSPS) is 23.6. The molecule has 6 unspecified atom stereocenters. The van der Waals surface area contributed by atoms with Crippen LogP contribution in [0.3, 0.4) is 0 Å². The van der Waals surface area contributed by atoms with Crippen molar-refractivity contribution in [2.75, 3.05) is 0 Å². The van der Waals surface area contributed by atoms with Crippen LogP contribution in [0, 0.1) is 51.8 Å². The first kappa shape index (κ1) is 41.7. The summed E-state index contributed by atoms with van der Waals surface area (Å²) in [4.78, 5) is 27.9. The zero-order chi connectivity index (χ0) is 36.6. The monoisotopic (exact) mass is 658 g/mol. The molecule has 0 saturated heterocycles. The number of hydrogen-bond acceptors (Lipinski definition) is 3. The van der Waals surface area contributed by atoms with Crippen molar-refractivity contribution in [2.45, 2.75) is 133 Å². The van der Waals surface area contributed by atoms with Crippen LogP contribution in [0.15, 0.2) is 73.9 Å². The highest BCUT2D eigenvalue weighted by Gasteiger charge is 2.69. The smallest absolute Gasteiger partial charge is 0.153 e. The van der Waals surface area contributed by atoms with Crippen molar-refractivity contribution < 1.29 is 9.59 Å². The molecule has 2 fully saturated rings. The molecule has 3 aliphatic carbocycles. The summed E-state index contributed by atoms with van der Waals surface area (Å²) in [5.41, 5.74) is 12.3. The lowest BCUT2D eigenvalue weighted by atomic mass is 9.73. The Morgan fingerprint density at radius 3 is 1.92 bits per heavy atom. The highest BCUT2D eigenvalue weighted by Crippen LogP contribution is 2.71. The molecule has 0 bridgehead atoms. The van der Waals surface area contributed by atoms with Crippen molar-refractivity contribution in [3.05, 3.63) is 85.0 Å². The van der Waals surface area contributed by atoms with Crippen molar-refractivity contribution in [3.8, 4) is 0 Å². The SMILES string of the molecule is C=CCCC(=C)C(=C)C(CCC=C)CC(=O)C1C(C(=O)C(N)C2Cc3ccccc3C2)CC2C1C2(C)C.CC.CC(C)(C)CC(C)(C)C. The van der Waals surface area contributed by atoms with Gasteiger partial charge in [0.15, 0.2) is 5.78 Å². The van der Waals surface area contributed by atoms with Crippen molar-refractivity contribution in [1.82, 2.24) is 0 Å². The number of rotatable bonds is 14. The van der Waals surface area contributed by atoms with Gasteiger partial charge in [0, 0.05) is 18.3 Å². The summed E-state index contributed by atoms with van der Waals surface area (Å²) >= 11 is 0. The molecule has 2 saturated carbocycles. The first-order chi connectivity index (χ1) is 22.3. The summed E-state index contributed by atoms with van der Waals surface area (Å²) in [6.45, 7) is 38.5. The predicted molar refractivity (Wildman–Crippen MR) is 208 cm³/mol. The maximum Gasteiger partial charge on any atom is 0.153 e. The molecule has 6 atom stereocenters. The molecule has 0 spiro atoms. The molecule has 0 heterocycles. The highest BCUT2D eigenvalue weighted by atomic mass is 16.1. The van der Waals surface area contributed by atoms with Gasteiger partial charge in [-0.1, -0.05) is 124 Å². The third kappa shape index (κ3) is 11.0. The summed E-state index contributed by atoms with van der Waals surface area (Å²) in [5.74, 6) is 0.687. The van der Waals surface area contributed by atoms with Crippen LogP contribution in [0.5, 0.6) is 0 Å². The molecule has 3 nitrogen and oxygen atoms in total. The summed E-state index contributed by atoms with van der Waals surface area (Å²) in [6.07, 6.45) is 11.3. The molecule has 3 aliphatic rings. The van der Waals surface area contributed by atoms with E-state index in [1.54, 1.807) is 0 Å². The van der Waals surface area contributed by atoms with Crippen LogP contribution in [0.25, 0.3) is 0 Å². The molecule has 0 aliphatic heterocycles. The van der Waals surface area contributed by atoms with Crippen molar-refractivity contribution >= 4 is 11.6 Å². The third-order valence-corrected chi connectivity index (χ3v) is 10.9. The van der Waals surface area contributed by atoms with E-state index in [9.17, 15) is 9.59 Å². The lowest BCUT2D eigenvalue weighted by Crippen LogP contribution is -2.45. The zero-order valence-corrected chi connectivity index (χ0v) is 32.6. The molecule has 0 radical (unpaired) electrons. The third-order valence-electron chi connectivity index (χ3n) is 10.9. The summed E-state index contributed by atoms with van der Waals surface area (Å²) in [5, 5.41) is 0. The fraction of sp³-hybridized carbons (Fsp3) is 0.644. The average Bonchev–Trinajstić information content (AvgIpc) is 3.38. The Labute approximate surface area is 296 Å². The number of allylic oxidation sites excluding steroid dienone is 4. The van der Waals surface area contributed by atoms with Gasteiger partial charge in [-0.15, -0.1) is 13.2 Å². The van der Waals surface area contributed by atoms with Gasteiger partial charge in [-0.3, -0.25) is 9.59 Å². The number of Topliss-reactive ketones (excluding diaryl/α,β-unsaturated/α-hetero) is 2. The number of ketones is 2. The highest BCUT2D eigenvalue weighted by molar-refractivity contribution is 5.94. The van der Waals surface area contributed by atoms with Crippen LogP contribution in [0.2, 0.25) is 0 Å². The molecule has 1 aromatic rings. The number of hydrogen-bond donors (Lipinski definition) is 1. The summed E-state index contributed by atoms with van der Waals surface area (Å²) in [6, 6.07) is 7.88. The number of nitrogens with two attached hydrogens (primary N) is 1. The Bertz CT molecular complexity index is 1250. The van der Waals surface area contributed by atoms with Gasteiger partial charge in [0.1, 0.15) is 5.78 Å². The fourth-order valence-corrected chi connectivity index (χ4v) is 9.08. The van der Waals surface area contributed by atoms with Gasteiger partial charge < -0.3 is 5.73 Å². The van der Waals surface area contributed by atoms with E-state index in [1.165, 1.54) is 17.5 Å². The minimum absolute atomic E-state index is 0.0254. The van der Waals surface area contributed by atoms with Gasteiger partial charge in [0.05, 0.1) is 6.04 Å². The minimum atomic E-state index is -0.515. The number of fused-ring (bicyclic) bond motifs is 2. The van der Waals surface area contributed by atoms with Crippen LogP contribution in [0.1, 0.15) is 125 Å². The van der Waals surface area contributed by atoms with Crippen LogP contribution < -0.4 is 5.73 Å². The molecule has 4 rings (SSSR count). The molecule has 2 N–H and O–H groups in total. The van der Waals surface area contributed by atoms with Gasteiger partial charge in [-0.05, 0) is 108 Å². The predicted octanol–water partition coefficient (Wildman–Crippen LogP) is 11.3. The van der Waals surface area contributed by atoms with Crippen molar-refractivity contribution in [3.63, 3.8) is 0 Å². The van der Waals surface area contributed by atoms with Gasteiger partial charge in [0.25, 0.3) is 0 Å². The zero-order valence-electron chi connectivity index (χ0n) is 32.6. The van der Waals surface area contributed by atoms with E-state index < -0.39 is 6.04 Å². The average molecular weight is 658 g/mol. The van der Waals surface area contributed by atoms with Crippen molar-refractivity contribution in [1.29, 1.82) is 0 Å². The summed E-state index contributed by atoms with van der Waals surface area (Å²) < 4.78 is 0. The van der Waals surface area contributed by atoms with E-state index in [-0.39, 0.29) is 46.6 Å². The Hall–Kier alpha value is -2.52. The maximum atomic E-state index is 14.0. The van der Waals surface area contributed by atoms with E-state index >= 15 is 0 Å². The van der Waals surface area contributed by atoms with Gasteiger partial charge >= 0.3 is 0 Å².